The fraction of sp³-hybridized carbons (Fsp3) is 0. The number of hydrogen-bond acceptors (Lipinski definition) is 4. The van der Waals surface area contributed by atoms with Crippen LogP contribution in [0.25, 0.3) is 28.1 Å². The largest absolute Gasteiger partial charge is 0.461 e. The molecule has 94 valence electrons. The maximum absolute atomic E-state index is 5.30. The Morgan fingerprint density at radius 2 is 1.95 bits per heavy atom. The van der Waals surface area contributed by atoms with E-state index in [4.69, 9.17) is 4.42 Å². The van der Waals surface area contributed by atoms with Gasteiger partial charge >= 0.3 is 0 Å². The molecular formula is C13H10N4OS. The van der Waals surface area contributed by atoms with Crippen molar-refractivity contribution in [1.29, 1.82) is 0 Å². The summed E-state index contributed by atoms with van der Waals surface area (Å²) < 4.78 is 6.97. The summed E-state index contributed by atoms with van der Waals surface area (Å²) >= 11 is 0. The van der Waals surface area contributed by atoms with Gasteiger partial charge in [0.15, 0.2) is 11.4 Å². The smallest absolute Gasteiger partial charge is 0.217 e. The lowest BCUT2D eigenvalue weighted by Crippen LogP contribution is -1.90. The number of hydrogen-bond donors (Lipinski definition) is 0. The predicted octanol–water partition coefficient (Wildman–Crippen LogP) is 2.65. The zero-order valence-electron chi connectivity index (χ0n) is 9.82. The molecule has 0 radical (unpaired) electrons. The first-order valence-electron chi connectivity index (χ1n) is 5.56. The highest BCUT2D eigenvalue weighted by Gasteiger charge is 2.11. The Hall–Kier alpha value is -2.34. The molecule has 3 heterocycles. The molecule has 1 aromatic carbocycles. The molecule has 0 aliphatic heterocycles. The Morgan fingerprint density at radius 1 is 1.05 bits per heavy atom. The number of para-hydroxylation sites is 1. The van der Waals surface area contributed by atoms with Crippen LogP contribution in [0.5, 0.6) is 0 Å². The number of nitrogens with zero attached hydrogens (tertiary/aromatic N) is 4. The van der Waals surface area contributed by atoms with Gasteiger partial charge in [-0.15, -0.1) is 5.10 Å². The number of aromatic nitrogens is 4. The van der Waals surface area contributed by atoms with Crippen molar-refractivity contribution in [3.05, 3.63) is 49.0 Å². The average Bonchev–Trinajstić information content (AvgIpc) is 3.07. The third kappa shape index (κ3) is 1.77. The summed E-state index contributed by atoms with van der Waals surface area (Å²) in [6.07, 6.45) is 3.27. The van der Waals surface area contributed by atoms with Crippen molar-refractivity contribution in [3.63, 3.8) is 0 Å². The molecular weight excluding hydrogens is 260 g/mol. The summed E-state index contributed by atoms with van der Waals surface area (Å²) in [5.41, 5.74) is 1.69. The van der Waals surface area contributed by atoms with E-state index in [1.54, 1.807) is 17.1 Å². The highest BCUT2D eigenvalue weighted by atomic mass is 32.1. The normalized spacial score (nSPS) is 10.7. The summed E-state index contributed by atoms with van der Waals surface area (Å²) in [5.74, 6) is 1.22. The van der Waals surface area contributed by atoms with Gasteiger partial charge in [0.2, 0.25) is 5.82 Å². The maximum atomic E-state index is 5.30. The Morgan fingerprint density at radius 3 is 2.79 bits per heavy atom. The lowest BCUT2D eigenvalue weighted by atomic mass is 10.2. The molecule has 0 unspecified atom stereocenters. The van der Waals surface area contributed by atoms with Gasteiger partial charge < -0.3 is 4.42 Å². The Bertz CT molecular complexity index is 838. The quantitative estimate of drug-likeness (QED) is 0.533. The van der Waals surface area contributed by atoms with Crippen LogP contribution in [0.2, 0.25) is 0 Å². The summed E-state index contributed by atoms with van der Waals surface area (Å²) in [6.45, 7) is 0. The van der Waals surface area contributed by atoms with Crippen LogP contribution in [-0.2, 0) is 0 Å². The molecule has 0 saturated heterocycles. The van der Waals surface area contributed by atoms with Gasteiger partial charge in [-0.2, -0.15) is 13.5 Å². The topological polar surface area (TPSA) is 56.2 Å². The minimum atomic E-state index is 0. The third-order valence-corrected chi connectivity index (χ3v) is 2.82. The maximum Gasteiger partial charge on any atom is 0.217 e. The zero-order valence-corrected chi connectivity index (χ0v) is 10.8. The fourth-order valence-corrected chi connectivity index (χ4v) is 1.99. The first-order chi connectivity index (χ1) is 8.92. The minimum Gasteiger partial charge on any atom is -0.461 e. The minimum absolute atomic E-state index is 0. The van der Waals surface area contributed by atoms with Crippen molar-refractivity contribution in [1.82, 2.24) is 19.6 Å². The number of furan rings is 1. The van der Waals surface area contributed by atoms with Gasteiger partial charge in [-0.05, 0) is 24.3 Å². The zero-order chi connectivity index (χ0) is 11.9. The van der Waals surface area contributed by atoms with Crippen LogP contribution in [0, 0.1) is 0 Å². The molecule has 4 aromatic rings. The van der Waals surface area contributed by atoms with Gasteiger partial charge in [0, 0.05) is 5.39 Å². The lowest BCUT2D eigenvalue weighted by Gasteiger charge is -1.96. The fourth-order valence-electron chi connectivity index (χ4n) is 1.99. The highest BCUT2D eigenvalue weighted by Crippen LogP contribution is 2.20. The second kappa shape index (κ2) is 4.40. The Labute approximate surface area is 115 Å². The van der Waals surface area contributed by atoms with Gasteiger partial charge in [-0.3, -0.25) is 0 Å². The molecule has 0 spiro atoms. The van der Waals surface area contributed by atoms with Crippen LogP contribution in [0.3, 0.4) is 0 Å². The van der Waals surface area contributed by atoms with E-state index >= 15 is 0 Å². The molecule has 0 amide bonds. The summed E-state index contributed by atoms with van der Waals surface area (Å²) in [7, 11) is 0. The van der Waals surface area contributed by atoms with Crippen LogP contribution < -0.4 is 0 Å². The van der Waals surface area contributed by atoms with E-state index in [1.165, 1.54) is 0 Å². The van der Waals surface area contributed by atoms with E-state index in [0.29, 0.717) is 11.6 Å². The molecule has 19 heavy (non-hydrogen) atoms. The molecule has 0 aliphatic rings. The molecule has 0 aliphatic carbocycles. The van der Waals surface area contributed by atoms with Crippen molar-refractivity contribution in [2.75, 3.05) is 0 Å². The van der Waals surface area contributed by atoms with Gasteiger partial charge in [-0.1, -0.05) is 12.1 Å². The summed E-state index contributed by atoms with van der Waals surface area (Å²) in [6, 6.07) is 11.5. The highest BCUT2D eigenvalue weighted by molar-refractivity contribution is 7.59. The van der Waals surface area contributed by atoms with Gasteiger partial charge in [0.05, 0.1) is 11.8 Å². The lowest BCUT2D eigenvalue weighted by molar-refractivity contribution is 0.577. The molecule has 6 heteroatoms. The van der Waals surface area contributed by atoms with Crippen molar-refractivity contribution >= 4 is 30.0 Å². The van der Waals surface area contributed by atoms with Crippen molar-refractivity contribution in [3.8, 4) is 11.6 Å². The number of benzene rings is 1. The van der Waals surface area contributed by atoms with Crippen LogP contribution in [0.15, 0.2) is 53.4 Å². The van der Waals surface area contributed by atoms with Crippen LogP contribution in [0.4, 0.5) is 0 Å². The van der Waals surface area contributed by atoms with E-state index in [0.717, 1.165) is 16.6 Å². The molecule has 0 bridgehead atoms. The molecule has 0 N–H and O–H groups in total. The monoisotopic (exact) mass is 270 g/mol. The molecule has 0 saturated carbocycles. The van der Waals surface area contributed by atoms with E-state index in [1.807, 2.05) is 36.4 Å². The third-order valence-electron chi connectivity index (χ3n) is 2.82. The second-order valence-electron chi connectivity index (χ2n) is 3.94. The first kappa shape index (κ1) is 11.7. The van der Waals surface area contributed by atoms with Gasteiger partial charge in [0.25, 0.3) is 0 Å². The molecule has 0 atom stereocenters. The molecule has 0 fully saturated rings. The number of fused-ring (bicyclic) bond motifs is 3. The second-order valence-corrected chi connectivity index (χ2v) is 3.94. The summed E-state index contributed by atoms with van der Waals surface area (Å²) in [4.78, 5) is 8.84. The number of rotatable bonds is 1. The van der Waals surface area contributed by atoms with Crippen molar-refractivity contribution in [2.45, 2.75) is 0 Å². The van der Waals surface area contributed by atoms with E-state index in [-0.39, 0.29) is 13.5 Å². The molecule has 4 rings (SSSR count). The van der Waals surface area contributed by atoms with E-state index in [9.17, 15) is 0 Å². The molecule has 5 nitrogen and oxygen atoms in total. The van der Waals surface area contributed by atoms with E-state index < -0.39 is 0 Å². The Kier molecular flexibility index (Phi) is 2.72. The van der Waals surface area contributed by atoms with Crippen LogP contribution >= 0.6 is 13.5 Å². The summed E-state index contributed by atoms with van der Waals surface area (Å²) in [5, 5.41) is 5.33. The standard InChI is InChI=1S/C13H8N4O.H2S/c1-2-5-10-9(4-1)13-15-12(11-6-3-7-18-11)16-17(13)8-14-10;/h1-8H;1H2. The van der Waals surface area contributed by atoms with Crippen LogP contribution in [-0.4, -0.2) is 19.6 Å². The molecule has 3 aromatic heterocycles. The average molecular weight is 270 g/mol. The SMILES string of the molecule is S.c1coc(-c2nc3c4ccccc4ncn3n2)c1. The van der Waals surface area contributed by atoms with Crippen molar-refractivity contribution in [2.24, 2.45) is 0 Å². The Balaban J connectivity index is 0.00000110. The first-order valence-corrected chi connectivity index (χ1v) is 5.56. The van der Waals surface area contributed by atoms with Crippen LogP contribution in [0.1, 0.15) is 0 Å². The van der Waals surface area contributed by atoms with Gasteiger partial charge in [0.1, 0.15) is 6.33 Å². The predicted molar refractivity (Wildman–Crippen MR) is 76.4 cm³/mol. The van der Waals surface area contributed by atoms with Gasteiger partial charge in [-0.25, -0.2) is 14.5 Å². The van der Waals surface area contributed by atoms with Crippen molar-refractivity contribution < 1.29 is 4.42 Å². The van der Waals surface area contributed by atoms with E-state index in [2.05, 4.69) is 15.1 Å².